The molecular formula is C24H26N2O5. The number of rotatable bonds is 6. The molecular weight excluding hydrogens is 396 g/mol. The van der Waals surface area contributed by atoms with Crippen LogP contribution in [-0.2, 0) is 14.3 Å². The summed E-state index contributed by atoms with van der Waals surface area (Å²) in [5.41, 5.74) is 1.04. The Balaban J connectivity index is 1.41. The molecule has 7 nitrogen and oxygen atoms in total. The number of carbonyl (C=O) groups excluding carboxylic acids is 4. The van der Waals surface area contributed by atoms with E-state index in [1.54, 1.807) is 17.0 Å². The van der Waals surface area contributed by atoms with Crippen LogP contribution in [0.4, 0.5) is 0 Å². The van der Waals surface area contributed by atoms with Gasteiger partial charge in [0, 0.05) is 42.1 Å². The van der Waals surface area contributed by atoms with E-state index >= 15 is 0 Å². The lowest BCUT2D eigenvalue weighted by Crippen LogP contribution is -2.45. The van der Waals surface area contributed by atoms with Crippen LogP contribution < -0.4 is 0 Å². The first-order valence-corrected chi connectivity index (χ1v) is 10.8. The summed E-state index contributed by atoms with van der Waals surface area (Å²) < 4.78 is 4.76. The summed E-state index contributed by atoms with van der Waals surface area (Å²) in [6.07, 6.45) is 3.48. The van der Waals surface area contributed by atoms with E-state index in [-0.39, 0.29) is 49.1 Å². The van der Waals surface area contributed by atoms with Crippen LogP contribution in [-0.4, -0.2) is 59.7 Å². The predicted octanol–water partition coefficient (Wildman–Crippen LogP) is 3.16. The number of amides is 3. The first-order chi connectivity index (χ1) is 15.0. The van der Waals surface area contributed by atoms with Gasteiger partial charge in [-0.1, -0.05) is 24.3 Å². The molecule has 0 bridgehead atoms. The number of likely N-dealkylation sites (tertiary alicyclic amines) is 1. The van der Waals surface area contributed by atoms with Crippen LogP contribution in [0.15, 0.2) is 36.4 Å². The van der Waals surface area contributed by atoms with Gasteiger partial charge in [-0.05, 0) is 43.2 Å². The van der Waals surface area contributed by atoms with E-state index < -0.39 is 0 Å². The van der Waals surface area contributed by atoms with Crippen LogP contribution in [0, 0.1) is 0 Å². The van der Waals surface area contributed by atoms with Crippen LogP contribution in [0.5, 0.6) is 0 Å². The van der Waals surface area contributed by atoms with Crippen molar-refractivity contribution in [1.82, 2.24) is 9.80 Å². The van der Waals surface area contributed by atoms with Gasteiger partial charge in [-0.15, -0.1) is 0 Å². The zero-order valence-electron chi connectivity index (χ0n) is 17.6. The number of nitrogens with zero attached hydrogens (tertiary/aromatic N) is 2. The van der Waals surface area contributed by atoms with Crippen molar-refractivity contribution >= 4 is 34.5 Å². The highest BCUT2D eigenvalue weighted by Crippen LogP contribution is 2.30. The monoisotopic (exact) mass is 422 g/mol. The molecule has 2 aromatic rings. The SMILES string of the molecule is COC(=O)C[C@@H]1CCCCN1C(=O)CCCN1C(=O)c2cccc3cccc(c23)C1=O. The molecule has 0 N–H and O–H groups in total. The zero-order valence-corrected chi connectivity index (χ0v) is 17.6. The molecule has 1 fully saturated rings. The van der Waals surface area contributed by atoms with E-state index in [1.165, 1.54) is 12.0 Å². The van der Waals surface area contributed by atoms with E-state index in [1.807, 2.05) is 24.3 Å². The number of carbonyl (C=O) groups is 4. The van der Waals surface area contributed by atoms with E-state index in [0.717, 1.165) is 24.6 Å². The Hall–Kier alpha value is -3.22. The van der Waals surface area contributed by atoms with Gasteiger partial charge in [-0.3, -0.25) is 24.1 Å². The number of hydrogen-bond acceptors (Lipinski definition) is 5. The Kier molecular flexibility index (Phi) is 6.02. The smallest absolute Gasteiger partial charge is 0.307 e. The van der Waals surface area contributed by atoms with Crippen molar-refractivity contribution in [2.75, 3.05) is 20.2 Å². The third-order valence-corrected chi connectivity index (χ3v) is 6.21. The fourth-order valence-electron chi connectivity index (χ4n) is 4.63. The highest BCUT2D eigenvalue weighted by atomic mass is 16.5. The maximum Gasteiger partial charge on any atom is 0.307 e. The fraction of sp³-hybridized carbons (Fsp3) is 0.417. The second kappa shape index (κ2) is 8.88. The minimum atomic E-state index is -0.318. The quantitative estimate of drug-likeness (QED) is 0.527. The van der Waals surface area contributed by atoms with Crippen LogP contribution >= 0.6 is 0 Å². The molecule has 0 aromatic heterocycles. The van der Waals surface area contributed by atoms with Crippen molar-refractivity contribution in [2.24, 2.45) is 0 Å². The highest BCUT2D eigenvalue weighted by Gasteiger charge is 2.33. The first-order valence-electron chi connectivity index (χ1n) is 10.8. The largest absolute Gasteiger partial charge is 0.469 e. The van der Waals surface area contributed by atoms with Crippen molar-refractivity contribution in [3.05, 3.63) is 47.5 Å². The Morgan fingerprint density at radius 1 is 1.03 bits per heavy atom. The normalized spacial score (nSPS) is 18.4. The summed E-state index contributed by atoms with van der Waals surface area (Å²) in [6, 6.07) is 10.7. The molecule has 2 aliphatic rings. The molecule has 31 heavy (non-hydrogen) atoms. The number of ether oxygens (including phenoxy) is 1. The van der Waals surface area contributed by atoms with Crippen LogP contribution in [0.1, 0.15) is 59.2 Å². The molecule has 4 rings (SSSR count). The van der Waals surface area contributed by atoms with Gasteiger partial charge < -0.3 is 9.64 Å². The zero-order chi connectivity index (χ0) is 22.0. The number of methoxy groups -OCH3 is 1. The lowest BCUT2D eigenvalue weighted by Gasteiger charge is -2.35. The number of benzene rings is 2. The van der Waals surface area contributed by atoms with Gasteiger partial charge in [0.25, 0.3) is 11.8 Å². The van der Waals surface area contributed by atoms with Gasteiger partial charge in [0.1, 0.15) is 0 Å². The lowest BCUT2D eigenvalue weighted by atomic mass is 9.94. The van der Waals surface area contributed by atoms with E-state index in [9.17, 15) is 19.2 Å². The summed E-state index contributed by atoms with van der Waals surface area (Å²) in [7, 11) is 1.35. The lowest BCUT2D eigenvalue weighted by molar-refractivity contribution is -0.144. The molecule has 1 atom stereocenters. The van der Waals surface area contributed by atoms with Crippen molar-refractivity contribution in [2.45, 2.75) is 44.6 Å². The summed E-state index contributed by atoms with van der Waals surface area (Å²) >= 11 is 0. The van der Waals surface area contributed by atoms with Gasteiger partial charge >= 0.3 is 5.97 Å². The van der Waals surface area contributed by atoms with E-state index in [4.69, 9.17) is 4.74 Å². The molecule has 0 unspecified atom stereocenters. The number of esters is 1. The molecule has 2 heterocycles. The predicted molar refractivity (Wildman–Crippen MR) is 115 cm³/mol. The maximum atomic E-state index is 13.0. The molecule has 2 aliphatic heterocycles. The second-order valence-corrected chi connectivity index (χ2v) is 8.09. The van der Waals surface area contributed by atoms with E-state index in [2.05, 4.69) is 0 Å². The van der Waals surface area contributed by atoms with E-state index in [0.29, 0.717) is 29.5 Å². The molecule has 0 radical (unpaired) electrons. The van der Waals surface area contributed by atoms with Gasteiger partial charge in [-0.25, -0.2) is 0 Å². The topological polar surface area (TPSA) is 84.0 Å². The Morgan fingerprint density at radius 2 is 1.71 bits per heavy atom. The Bertz CT molecular complexity index is 997. The van der Waals surface area contributed by atoms with Crippen molar-refractivity contribution in [3.63, 3.8) is 0 Å². The standard InChI is InChI=1S/C24H26N2O5/c1-31-21(28)15-17-9-2-3-13-25(17)20(27)12-6-14-26-23(29)18-10-4-7-16-8-5-11-19(22(16)18)24(26)30/h4-5,7-8,10-11,17H,2-3,6,9,12-15H2,1H3/t17-/m0/s1. The second-order valence-electron chi connectivity index (χ2n) is 8.09. The van der Waals surface area contributed by atoms with Gasteiger partial charge in [0.15, 0.2) is 0 Å². The number of hydrogen-bond donors (Lipinski definition) is 0. The first kappa shape index (κ1) is 21.0. The molecule has 0 spiro atoms. The Morgan fingerprint density at radius 3 is 2.35 bits per heavy atom. The molecule has 0 aliphatic carbocycles. The minimum Gasteiger partial charge on any atom is -0.469 e. The third-order valence-electron chi connectivity index (χ3n) is 6.21. The molecule has 0 saturated carbocycles. The minimum absolute atomic E-state index is 0.0481. The fourth-order valence-corrected chi connectivity index (χ4v) is 4.63. The van der Waals surface area contributed by atoms with Crippen LogP contribution in [0.2, 0.25) is 0 Å². The molecule has 7 heteroatoms. The van der Waals surface area contributed by atoms with Gasteiger partial charge in [0.05, 0.1) is 13.5 Å². The van der Waals surface area contributed by atoms with Gasteiger partial charge in [-0.2, -0.15) is 0 Å². The number of imide groups is 1. The summed E-state index contributed by atoms with van der Waals surface area (Å²) in [5.74, 6) is -0.998. The van der Waals surface area contributed by atoms with Crippen molar-refractivity contribution in [3.8, 4) is 0 Å². The van der Waals surface area contributed by atoms with Gasteiger partial charge in [0.2, 0.25) is 5.91 Å². The summed E-state index contributed by atoms with van der Waals surface area (Å²) in [4.78, 5) is 53.4. The maximum absolute atomic E-state index is 13.0. The average Bonchev–Trinajstić information content (AvgIpc) is 2.79. The highest BCUT2D eigenvalue weighted by molar-refractivity contribution is 6.25. The number of piperidine rings is 1. The van der Waals surface area contributed by atoms with Crippen LogP contribution in [0.25, 0.3) is 10.8 Å². The average molecular weight is 422 g/mol. The molecule has 2 aromatic carbocycles. The Labute approximate surface area is 180 Å². The molecule has 162 valence electrons. The van der Waals surface area contributed by atoms with Crippen LogP contribution in [0.3, 0.4) is 0 Å². The molecule has 3 amide bonds. The van der Waals surface area contributed by atoms with Crippen molar-refractivity contribution in [1.29, 1.82) is 0 Å². The summed E-state index contributed by atoms with van der Waals surface area (Å²) in [5, 5.41) is 1.57. The third kappa shape index (κ3) is 4.04. The van der Waals surface area contributed by atoms with Crippen molar-refractivity contribution < 1.29 is 23.9 Å². The summed E-state index contributed by atoms with van der Waals surface area (Å²) in [6.45, 7) is 0.807. The molecule has 1 saturated heterocycles.